The van der Waals surface area contributed by atoms with Crippen molar-refractivity contribution in [3.8, 4) is 6.07 Å². The van der Waals surface area contributed by atoms with Crippen molar-refractivity contribution < 1.29 is 13.7 Å². The highest BCUT2D eigenvalue weighted by atomic mass is 19.3. The van der Waals surface area contributed by atoms with Crippen molar-refractivity contribution in [2.24, 2.45) is 0 Å². The molecule has 8 heteroatoms. The Morgan fingerprint density at radius 3 is 2.60 bits per heavy atom. The van der Waals surface area contributed by atoms with Gasteiger partial charge in [0.05, 0.1) is 4.92 Å². The van der Waals surface area contributed by atoms with E-state index in [2.05, 4.69) is 0 Å². The smallest absolute Gasteiger partial charge is 0.312 e. The van der Waals surface area contributed by atoms with E-state index in [1.165, 1.54) is 6.07 Å². The van der Waals surface area contributed by atoms with Gasteiger partial charge < -0.3 is 4.98 Å². The molecule has 0 aliphatic heterocycles. The molecule has 1 N–H and O–H groups in total. The molecule has 0 aliphatic rings. The maximum absolute atomic E-state index is 12.3. The van der Waals surface area contributed by atoms with Crippen LogP contribution >= 0.6 is 0 Å². The molecule has 0 radical (unpaired) electrons. The highest BCUT2D eigenvalue weighted by molar-refractivity contribution is 5.51. The fourth-order valence-corrected chi connectivity index (χ4v) is 1.01. The standard InChI is InChI=1S/C7H3F2N3O3/c8-7(9)5-6(12(14)15)3(2-10)1-4(13)11-5/h1,7H,(H,11,13). The van der Waals surface area contributed by atoms with E-state index in [1.807, 2.05) is 0 Å². The number of rotatable bonds is 2. The van der Waals surface area contributed by atoms with Gasteiger partial charge in [-0.3, -0.25) is 14.9 Å². The van der Waals surface area contributed by atoms with E-state index < -0.39 is 33.9 Å². The molecule has 15 heavy (non-hydrogen) atoms. The van der Waals surface area contributed by atoms with Crippen LogP contribution in [0.4, 0.5) is 14.5 Å². The Bertz CT molecular complexity index is 503. The molecule has 0 amide bonds. The summed E-state index contributed by atoms with van der Waals surface area (Å²) in [4.78, 5) is 21.7. The molecule has 0 unspecified atom stereocenters. The van der Waals surface area contributed by atoms with E-state index in [-0.39, 0.29) is 0 Å². The largest absolute Gasteiger partial charge is 0.315 e. The zero-order valence-corrected chi connectivity index (χ0v) is 7.03. The SMILES string of the molecule is N#Cc1cc(=O)[nH]c(C(F)F)c1[N+](=O)[O-]. The Balaban J connectivity index is 3.64. The first-order valence-electron chi connectivity index (χ1n) is 3.57. The number of nitro groups is 1. The minimum absolute atomic E-state index is 0.601. The fourth-order valence-electron chi connectivity index (χ4n) is 1.01. The quantitative estimate of drug-likeness (QED) is 0.589. The number of pyridine rings is 1. The number of nitrogens with one attached hydrogen (secondary N) is 1. The Morgan fingerprint density at radius 1 is 1.60 bits per heavy atom. The van der Waals surface area contributed by atoms with Gasteiger partial charge in [-0.1, -0.05) is 0 Å². The molecule has 0 bridgehead atoms. The number of nitrogens with zero attached hydrogens (tertiary/aromatic N) is 2. The lowest BCUT2D eigenvalue weighted by molar-refractivity contribution is -0.386. The summed E-state index contributed by atoms with van der Waals surface area (Å²) in [6.45, 7) is 0. The van der Waals surface area contributed by atoms with Gasteiger partial charge in [-0.2, -0.15) is 5.26 Å². The van der Waals surface area contributed by atoms with E-state index in [0.717, 1.165) is 0 Å². The van der Waals surface area contributed by atoms with Crippen LogP contribution in [0.15, 0.2) is 10.9 Å². The van der Waals surface area contributed by atoms with Crippen molar-refractivity contribution in [3.05, 3.63) is 37.8 Å². The van der Waals surface area contributed by atoms with E-state index >= 15 is 0 Å². The average molecular weight is 215 g/mol. The van der Waals surface area contributed by atoms with Crippen LogP contribution in [0.2, 0.25) is 0 Å². The maximum atomic E-state index is 12.3. The second-order valence-corrected chi connectivity index (χ2v) is 2.48. The molecule has 78 valence electrons. The summed E-state index contributed by atoms with van der Waals surface area (Å²) in [5.41, 5.74) is -3.87. The van der Waals surface area contributed by atoms with E-state index in [4.69, 9.17) is 5.26 Å². The van der Waals surface area contributed by atoms with Gasteiger partial charge >= 0.3 is 5.69 Å². The van der Waals surface area contributed by atoms with Crippen LogP contribution in [0.3, 0.4) is 0 Å². The van der Waals surface area contributed by atoms with Gasteiger partial charge in [0, 0.05) is 6.07 Å². The van der Waals surface area contributed by atoms with E-state index in [0.29, 0.717) is 6.07 Å². The number of alkyl halides is 2. The van der Waals surface area contributed by atoms with E-state index in [9.17, 15) is 23.7 Å². The van der Waals surface area contributed by atoms with Crippen LogP contribution in [-0.2, 0) is 0 Å². The molecule has 0 fully saturated rings. The third kappa shape index (κ3) is 1.96. The zero-order valence-electron chi connectivity index (χ0n) is 7.03. The predicted octanol–water partition coefficient (Wildman–Crippen LogP) is 1.09. The molecule has 1 aromatic rings. The summed E-state index contributed by atoms with van der Waals surface area (Å²) < 4.78 is 24.6. The number of nitriles is 1. The van der Waals surface area contributed by atoms with Gasteiger partial charge in [-0.05, 0) is 0 Å². The van der Waals surface area contributed by atoms with Gasteiger partial charge in [-0.15, -0.1) is 0 Å². The average Bonchev–Trinajstić information content (AvgIpc) is 2.15. The molecule has 0 aliphatic carbocycles. The molecular weight excluding hydrogens is 212 g/mol. The number of aromatic nitrogens is 1. The minimum atomic E-state index is -3.22. The summed E-state index contributed by atoms with van der Waals surface area (Å²) in [5, 5.41) is 18.9. The van der Waals surface area contributed by atoms with Crippen molar-refractivity contribution in [1.29, 1.82) is 5.26 Å². The summed E-state index contributed by atoms with van der Waals surface area (Å²) in [5.74, 6) is 0. The number of aromatic amines is 1. The normalized spacial score (nSPS) is 10.0. The molecule has 0 atom stereocenters. The number of halogens is 2. The number of hydrogen-bond donors (Lipinski definition) is 1. The van der Waals surface area contributed by atoms with E-state index in [1.54, 1.807) is 4.98 Å². The molecule has 1 rings (SSSR count). The highest BCUT2D eigenvalue weighted by Gasteiger charge is 2.27. The first-order chi connectivity index (χ1) is 6.97. The monoisotopic (exact) mass is 215 g/mol. The molecule has 0 saturated heterocycles. The van der Waals surface area contributed by atoms with Crippen LogP contribution in [0.1, 0.15) is 17.7 Å². The summed E-state index contributed by atoms with van der Waals surface area (Å²) >= 11 is 0. The topological polar surface area (TPSA) is 99.8 Å². The minimum Gasteiger partial charge on any atom is -0.315 e. The van der Waals surface area contributed by atoms with Crippen molar-refractivity contribution in [2.75, 3.05) is 0 Å². The van der Waals surface area contributed by atoms with Gasteiger partial charge in [0.25, 0.3) is 6.43 Å². The fraction of sp³-hybridized carbons (Fsp3) is 0.143. The van der Waals surface area contributed by atoms with Gasteiger partial charge in [0.15, 0.2) is 5.69 Å². The van der Waals surface area contributed by atoms with Crippen molar-refractivity contribution in [1.82, 2.24) is 4.98 Å². The van der Waals surface area contributed by atoms with Gasteiger partial charge in [0.2, 0.25) is 5.56 Å². The molecule has 1 aromatic heterocycles. The zero-order chi connectivity index (χ0) is 11.6. The molecule has 0 aromatic carbocycles. The second-order valence-electron chi connectivity index (χ2n) is 2.48. The molecule has 1 heterocycles. The summed E-state index contributed by atoms with van der Waals surface area (Å²) in [6.07, 6.45) is -3.22. The third-order valence-corrected chi connectivity index (χ3v) is 1.56. The number of H-pyrrole nitrogens is 1. The Kier molecular flexibility index (Phi) is 2.75. The van der Waals surface area contributed by atoms with Crippen molar-refractivity contribution >= 4 is 5.69 Å². The Hall–Kier alpha value is -2.30. The van der Waals surface area contributed by atoms with Crippen LogP contribution in [0.25, 0.3) is 0 Å². The Morgan fingerprint density at radius 2 is 2.20 bits per heavy atom. The Labute approximate surface area is 80.9 Å². The van der Waals surface area contributed by atoms with Crippen LogP contribution in [0, 0.1) is 21.4 Å². The lowest BCUT2D eigenvalue weighted by Crippen LogP contribution is -2.12. The summed E-state index contributed by atoms with van der Waals surface area (Å²) in [7, 11) is 0. The highest BCUT2D eigenvalue weighted by Crippen LogP contribution is 2.27. The van der Waals surface area contributed by atoms with Crippen LogP contribution < -0.4 is 5.56 Å². The predicted molar refractivity (Wildman–Crippen MR) is 43.4 cm³/mol. The third-order valence-electron chi connectivity index (χ3n) is 1.56. The first kappa shape index (κ1) is 10.8. The molecule has 0 spiro atoms. The maximum Gasteiger partial charge on any atom is 0.312 e. The van der Waals surface area contributed by atoms with Crippen LogP contribution in [-0.4, -0.2) is 9.91 Å². The van der Waals surface area contributed by atoms with Crippen molar-refractivity contribution in [2.45, 2.75) is 6.43 Å². The lowest BCUT2D eigenvalue weighted by Gasteiger charge is -2.01. The van der Waals surface area contributed by atoms with Gasteiger partial charge in [0.1, 0.15) is 11.6 Å². The van der Waals surface area contributed by atoms with Crippen LogP contribution in [0.5, 0.6) is 0 Å². The van der Waals surface area contributed by atoms with Crippen molar-refractivity contribution in [3.63, 3.8) is 0 Å². The lowest BCUT2D eigenvalue weighted by atomic mass is 10.2. The second kappa shape index (κ2) is 3.83. The first-order valence-corrected chi connectivity index (χ1v) is 3.57. The number of hydrogen-bond acceptors (Lipinski definition) is 4. The summed E-state index contributed by atoms with van der Waals surface area (Å²) in [6, 6.07) is 1.92. The van der Waals surface area contributed by atoms with Gasteiger partial charge in [-0.25, -0.2) is 8.78 Å². The molecule has 0 saturated carbocycles. The molecular formula is C7H3F2N3O3. The molecule has 6 nitrogen and oxygen atoms in total.